The Morgan fingerprint density at radius 3 is 2.51 bits per heavy atom. The van der Waals surface area contributed by atoms with Crippen LogP contribution in [0.25, 0.3) is 17.1 Å². The number of pyridine rings is 1. The summed E-state index contributed by atoms with van der Waals surface area (Å²) in [5, 5.41) is 4.47. The van der Waals surface area contributed by atoms with E-state index in [-0.39, 0.29) is 5.97 Å². The number of esters is 1. The van der Waals surface area contributed by atoms with Gasteiger partial charge in [0.1, 0.15) is 5.56 Å². The van der Waals surface area contributed by atoms with Gasteiger partial charge in [-0.3, -0.25) is 4.79 Å². The van der Waals surface area contributed by atoms with Gasteiger partial charge >= 0.3 is 5.97 Å². The molecule has 2 aromatic carbocycles. The summed E-state index contributed by atoms with van der Waals surface area (Å²) < 4.78 is 6.92. The summed E-state index contributed by atoms with van der Waals surface area (Å²) in [4.78, 5) is 32.0. The van der Waals surface area contributed by atoms with Crippen molar-refractivity contribution in [1.82, 2.24) is 19.7 Å². The molecule has 1 aliphatic heterocycles. The molecular weight excluding hydrogens is 560 g/mol. The fourth-order valence-corrected chi connectivity index (χ4v) is 7.44. The predicted molar refractivity (Wildman–Crippen MR) is 175 cm³/mol. The molecule has 7 nitrogen and oxygen atoms in total. The summed E-state index contributed by atoms with van der Waals surface area (Å²) in [7, 11) is 0. The average Bonchev–Trinajstić information content (AvgIpc) is 3.72. The van der Waals surface area contributed by atoms with Crippen LogP contribution in [0.4, 0.5) is 0 Å². The Balaban J connectivity index is 1.10. The number of benzene rings is 2. The highest BCUT2D eigenvalue weighted by Gasteiger charge is 2.35. The Morgan fingerprint density at radius 2 is 1.76 bits per heavy atom. The van der Waals surface area contributed by atoms with Crippen molar-refractivity contribution in [3.63, 3.8) is 0 Å². The zero-order chi connectivity index (χ0) is 31.1. The maximum atomic E-state index is 12.5. The number of nitrogens with zero attached hydrogens (tertiary/aromatic N) is 4. The normalized spacial score (nSPS) is 18.2. The van der Waals surface area contributed by atoms with Crippen LogP contribution in [0.15, 0.2) is 60.8 Å². The van der Waals surface area contributed by atoms with Gasteiger partial charge in [0.05, 0.1) is 24.2 Å². The number of piperidine rings is 1. The molecule has 1 atom stereocenters. The van der Waals surface area contributed by atoms with Crippen molar-refractivity contribution >= 4 is 11.9 Å². The van der Waals surface area contributed by atoms with E-state index in [0.717, 1.165) is 63.7 Å². The van der Waals surface area contributed by atoms with Gasteiger partial charge in [-0.05, 0) is 118 Å². The molecule has 0 bridgehead atoms. The van der Waals surface area contributed by atoms with Gasteiger partial charge in [0.15, 0.2) is 5.82 Å². The molecule has 2 aromatic heterocycles. The third-order valence-corrected chi connectivity index (χ3v) is 10.1. The summed E-state index contributed by atoms with van der Waals surface area (Å²) in [6.45, 7) is 8.04. The molecule has 7 rings (SSSR count). The minimum atomic E-state index is -0.366. The van der Waals surface area contributed by atoms with Crippen LogP contribution in [0, 0.1) is 19.8 Å². The largest absolute Gasteiger partial charge is 0.462 e. The van der Waals surface area contributed by atoms with Crippen molar-refractivity contribution in [1.29, 1.82) is 0 Å². The first-order chi connectivity index (χ1) is 21.9. The zero-order valence-electron chi connectivity index (χ0n) is 26.6. The lowest BCUT2D eigenvalue weighted by Crippen LogP contribution is -2.38. The highest BCUT2D eigenvalue weighted by molar-refractivity contribution is 5.90. The number of carbonyl (C=O) groups is 2. The SMILES string of the molecule is CCOC(=O)c1cnn(-c2cccc(-c3cccc4c3C(Cc3ccc(C5CCN(C(=O)C6CC6)CC5)cc3C)CC4)n2)c1C. The molecular formula is C38H42N4O3. The number of ether oxygens (including phenoxy) is 1. The Kier molecular flexibility index (Phi) is 8.03. The van der Waals surface area contributed by atoms with Crippen LogP contribution in [0.2, 0.25) is 0 Å². The van der Waals surface area contributed by atoms with E-state index in [4.69, 9.17) is 9.72 Å². The molecule has 1 saturated carbocycles. The highest BCUT2D eigenvalue weighted by atomic mass is 16.5. The number of aromatic nitrogens is 3. The Bertz CT molecular complexity index is 1750. The molecule has 1 saturated heterocycles. The van der Waals surface area contributed by atoms with Crippen molar-refractivity contribution < 1.29 is 14.3 Å². The molecule has 1 amide bonds. The first-order valence-electron chi connectivity index (χ1n) is 16.6. The quantitative estimate of drug-likeness (QED) is 0.201. The van der Waals surface area contributed by atoms with Gasteiger partial charge in [-0.1, -0.05) is 42.5 Å². The molecule has 0 radical (unpaired) electrons. The molecule has 7 heteroatoms. The molecule has 0 spiro atoms. The first kappa shape index (κ1) is 29.5. The first-order valence-corrected chi connectivity index (χ1v) is 16.6. The molecule has 3 heterocycles. The van der Waals surface area contributed by atoms with Crippen LogP contribution in [0.3, 0.4) is 0 Å². The lowest BCUT2D eigenvalue weighted by molar-refractivity contribution is -0.133. The van der Waals surface area contributed by atoms with Crippen LogP contribution in [0.5, 0.6) is 0 Å². The standard InChI is InChI=1S/C38H42N4O3/c1-4-45-38(44)33-23-39-42(25(33)3)35-10-6-9-34(40-35)32-8-5-7-27-11-16-31(36(27)32)22-29-14-15-30(21-24(29)2)26-17-19-41(20-18-26)37(43)28-12-13-28/h5-10,14-15,21,23,26,28,31H,4,11-13,16-20,22H2,1-3H3. The van der Waals surface area contributed by atoms with Gasteiger partial charge in [-0.15, -0.1) is 0 Å². The molecule has 3 aliphatic rings. The zero-order valence-corrected chi connectivity index (χ0v) is 26.6. The smallest absolute Gasteiger partial charge is 0.341 e. The summed E-state index contributed by atoms with van der Waals surface area (Å²) >= 11 is 0. The van der Waals surface area contributed by atoms with Gasteiger partial charge in [0, 0.05) is 24.6 Å². The minimum absolute atomic E-state index is 0.315. The molecule has 1 unspecified atom stereocenters. The Hall–Kier alpha value is -4.26. The summed E-state index contributed by atoms with van der Waals surface area (Å²) in [5.74, 6) is 1.97. The fourth-order valence-electron chi connectivity index (χ4n) is 7.44. The molecule has 4 aromatic rings. The third-order valence-electron chi connectivity index (χ3n) is 10.1. The number of rotatable bonds is 8. The third kappa shape index (κ3) is 5.81. The summed E-state index contributed by atoms with van der Waals surface area (Å²) in [6.07, 6.45) is 9.05. The molecule has 2 aliphatic carbocycles. The van der Waals surface area contributed by atoms with E-state index in [2.05, 4.69) is 59.4 Å². The maximum absolute atomic E-state index is 12.5. The molecule has 45 heavy (non-hydrogen) atoms. The van der Waals surface area contributed by atoms with Crippen LogP contribution in [-0.2, 0) is 22.4 Å². The Labute approximate surface area is 265 Å². The van der Waals surface area contributed by atoms with Crippen molar-refractivity contribution in [3.8, 4) is 17.1 Å². The van der Waals surface area contributed by atoms with Crippen molar-refractivity contribution in [2.75, 3.05) is 19.7 Å². The van der Waals surface area contributed by atoms with Crippen LogP contribution >= 0.6 is 0 Å². The topological polar surface area (TPSA) is 77.3 Å². The maximum Gasteiger partial charge on any atom is 0.341 e. The second kappa shape index (κ2) is 12.3. The van der Waals surface area contributed by atoms with Crippen LogP contribution in [0.1, 0.15) is 94.7 Å². The fraction of sp³-hybridized carbons (Fsp3) is 0.421. The number of hydrogen-bond donors (Lipinski definition) is 0. The van der Waals surface area contributed by atoms with E-state index in [1.165, 1.54) is 33.4 Å². The monoisotopic (exact) mass is 602 g/mol. The van der Waals surface area contributed by atoms with Gasteiger partial charge < -0.3 is 9.64 Å². The predicted octanol–water partition coefficient (Wildman–Crippen LogP) is 7.12. The van der Waals surface area contributed by atoms with Crippen molar-refractivity contribution in [2.45, 2.75) is 77.6 Å². The number of amides is 1. The van der Waals surface area contributed by atoms with E-state index >= 15 is 0 Å². The lowest BCUT2D eigenvalue weighted by atomic mass is 9.84. The highest BCUT2D eigenvalue weighted by Crippen LogP contribution is 2.42. The van der Waals surface area contributed by atoms with E-state index in [1.54, 1.807) is 17.8 Å². The summed E-state index contributed by atoms with van der Waals surface area (Å²) in [6, 6.07) is 19.7. The summed E-state index contributed by atoms with van der Waals surface area (Å²) in [5.41, 5.74) is 10.3. The minimum Gasteiger partial charge on any atom is -0.462 e. The van der Waals surface area contributed by atoms with Crippen molar-refractivity contribution in [3.05, 3.63) is 99.9 Å². The van der Waals surface area contributed by atoms with E-state index in [0.29, 0.717) is 47.3 Å². The number of hydrogen-bond acceptors (Lipinski definition) is 5. The molecule has 0 N–H and O–H groups in total. The van der Waals surface area contributed by atoms with Gasteiger partial charge in [0.25, 0.3) is 0 Å². The number of carbonyl (C=O) groups excluding carboxylic acids is 2. The second-order valence-electron chi connectivity index (χ2n) is 13.0. The second-order valence-corrected chi connectivity index (χ2v) is 13.0. The lowest BCUT2D eigenvalue weighted by Gasteiger charge is -2.32. The Morgan fingerprint density at radius 1 is 0.956 bits per heavy atom. The number of aryl methyl sites for hydroxylation is 2. The molecule has 232 valence electrons. The van der Waals surface area contributed by atoms with Gasteiger partial charge in [0.2, 0.25) is 5.91 Å². The number of likely N-dealkylation sites (tertiary alicyclic amines) is 1. The van der Waals surface area contributed by atoms with E-state index in [1.807, 2.05) is 19.1 Å². The number of fused-ring (bicyclic) bond motifs is 1. The van der Waals surface area contributed by atoms with Crippen LogP contribution in [-0.4, -0.2) is 51.2 Å². The van der Waals surface area contributed by atoms with Crippen LogP contribution < -0.4 is 0 Å². The van der Waals surface area contributed by atoms with E-state index in [9.17, 15) is 9.59 Å². The van der Waals surface area contributed by atoms with Gasteiger partial charge in [-0.2, -0.15) is 5.10 Å². The molecule has 2 fully saturated rings. The van der Waals surface area contributed by atoms with Gasteiger partial charge in [-0.25, -0.2) is 14.5 Å². The van der Waals surface area contributed by atoms with E-state index < -0.39 is 0 Å². The van der Waals surface area contributed by atoms with Crippen molar-refractivity contribution in [2.24, 2.45) is 5.92 Å². The average molecular weight is 603 g/mol.